The van der Waals surface area contributed by atoms with Gasteiger partial charge in [-0.05, 0) is 24.1 Å². The van der Waals surface area contributed by atoms with Crippen LogP contribution in [0.15, 0.2) is 10.6 Å². The molecule has 2 aromatic heterocycles. The highest BCUT2D eigenvalue weighted by molar-refractivity contribution is 5.28. The molecule has 0 aromatic carbocycles. The van der Waals surface area contributed by atoms with Gasteiger partial charge in [0.25, 0.3) is 5.95 Å². The molecule has 2 fully saturated rings. The number of anilines is 1. The second-order valence-corrected chi connectivity index (χ2v) is 6.54. The van der Waals surface area contributed by atoms with Gasteiger partial charge in [-0.3, -0.25) is 10.00 Å². The highest BCUT2D eigenvalue weighted by Crippen LogP contribution is 2.39. The number of hydrogen-bond acceptors (Lipinski definition) is 7. The zero-order valence-electron chi connectivity index (χ0n) is 13.3. The van der Waals surface area contributed by atoms with Crippen LogP contribution in [0.2, 0.25) is 0 Å². The van der Waals surface area contributed by atoms with Crippen LogP contribution in [0, 0.1) is 6.92 Å². The Hall–Kier alpha value is -1.93. The van der Waals surface area contributed by atoms with Crippen molar-refractivity contribution in [3.63, 3.8) is 0 Å². The third kappa shape index (κ3) is 3.37. The van der Waals surface area contributed by atoms with Crippen molar-refractivity contribution >= 4 is 5.95 Å². The maximum atomic E-state index is 10.3. The Labute approximate surface area is 134 Å². The van der Waals surface area contributed by atoms with E-state index in [1.165, 1.54) is 18.5 Å². The normalized spacial score (nSPS) is 23.2. The number of aryl methyl sites for hydroxylation is 1. The number of aromatic nitrogens is 4. The standard InChI is InChI=1S/C15H22N6O2/c1-10-16-15(19-23-10)21-5-4-20(8-13(22)9-21)7-12-6-14(18-17-12)11-2-3-11/h6,11,13,22H,2-5,7-9H2,1H3,(H,17,18). The van der Waals surface area contributed by atoms with Crippen LogP contribution in [0.5, 0.6) is 0 Å². The van der Waals surface area contributed by atoms with E-state index in [-0.39, 0.29) is 0 Å². The molecule has 3 heterocycles. The zero-order valence-corrected chi connectivity index (χ0v) is 13.3. The van der Waals surface area contributed by atoms with E-state index in [9.17, 15) is 5.11 Å². The molecule has 0 bridgehead atoms. The van der Waals surface area contributed by atoms with Gasteiger partial charge in [-0.2, -0.15) is 10.1 Å². The molecule has 23 heavy (non-hydrogen) atoms. The van der Waals surface area contributed by atoms with Crippen LogP contribution in [0.1, 0.15) is 36.0 Å². The molecule has 1 atom stereocenters. The molecule has 124 valence electrons. The number of rotatable bonds is 4. The van der Waals surface area contributed by atoms with Gasteiger partial charge in [-0.15, -0.1) is 0 Å². The highest BCUT2D eigenvalue weighted by atomic mass is 16.5. The smallest absolute Gasteiger partial charge is 0.266 e. The number of aliphatic hydroxyl groups excluding tert-OH is 1. The van der Waals surface area contributed by atoms with Crippen LogP contribution in [-0.2, 0) is 6.54 Å². The molecule has 1 unspecified atom stereocenters. The van der Waals surface area contributed by atoms with Gasteiger partial charge in [0.2, 0.25) is 5.89 Å². The van der Waals surface area contributed by atoms with E-state index in [1.807, 2.05) is 4.90 Å². The average molecular weight is 318 g/mol. The molecule has 0 spiro atoms. The van der Waals surface area contributed by atoms with Crippen molar-refractivity contribution in [2.24, 2.45) is 0 Å². The predicted octanol–water partition coefficient (Wildman–Crippen LogP) is 0.662. The molecule has 1 aliphatic carbocycles. The van der Waals surface area contributed by atoms with Gasteiger partial charge in [0.15, 0.2) is 0 Å². The summed E-state index contributed by atoms with van der Waals surface area (Å²) in [5, 5.41) is 21.8. The zero-order chi connectivity index (χ0) is 15.8. The quantitative estimate of drug-likeness (QED) is 0.855. The summed E-state index contributed by atoms with van der Waals surface area (Å²) in [4.78, 5) is 8.47. The fourth-order valence-electron chi connectivity index (χ4n) is 3.09. The number of nitrogens with one attached hydrogen (secondary N) is 1. The molecule has 0 radical (unpaired) electrons. The second kappa shape index (κ2) is 5.93. The monoisotopic (exact) mass is 318 g/mol. The summed E-state index contributed by atoms with van der Waals surface area (Å²) in [7, 11) is 0. The van der Waals surface area contributed by atoms with Gasteiger partial charge >= 0.3 is 0 Å². The van der Waals surface area contributed by atoms with Gasteiger partial charge in [0.05, 0.1) is 11.8 Å². The number of aromatic amines is 1. The molecule has 8 heteroatoms. The van der Waals surface area contributed by atoms with E-state index in [0.29, 0.717) is 30.8 Å². The third-order valence-corrected chi connectivity index (χ3v) is 4.43. The molecule has 1 aliphatic heterocycles. The third-order valence-electron chi connectivity index (χ3n) is 4.43. The molecule has 1 saturated carbocycles. The lowest BCUT2D eigenvalue weighted by atomic mass is 10.2. The summed E-state index contributed by atoms with van der Waals surface area (Å²) in [6, 6.07) is 2.16. The topological polar surface area (TPSA) is 94.3 Å². The van der Waals surface area contributed by atoms with Crippen molar-refractivity contribution in [1.29, 1.82) is 0 Å². The summed E-state index contributed by atoms with van der Waals surface area (Å²) in [6.07, 6.45) is 2.07. The maximum Gasteiger partial charge on any atom is 0.266 e. The Morgan fingerprint density at radius 3 is 2.96 bits per heavy atom. The number of H-pyrrole nitrogens is 1. The van der Waals surface area contributed by atoms with E-state index >= 15 is 0 Å². The van der Waals surface area contributed by atoms with Gasteiger partial charge < -0.3 is 14.5 Å². The highest BCUT2D eigenvalue weighted by Gasteiger charge is 2.27. The Morgan fingerprint density at radius 2 is 2.22 bits per heavy atom. The van der Waals surface area contributed by atoms with Crippen molar-refractivity contribution < 1.29 is 9.63 Å². The van der Waals surface area contributed by atoms with Crippen molar-refractivity contribution in [3.8, 4) is 0 Å². The molecular weight excluding hydrogens is 296 g/mol. The predicted molar refractivity (Wildman–Crippen MR) is 83.1 cm³/mol. The Morgan fingerprint density at radius 1 is 1.35 bits per heavy atom. The Bertz CT molecular complexity index is 664. The molecule has 2 aliphatic rings. The van der Waals surface area contributed by atoms with Crippen LogP contribution in [0.4, 0.5) is 5.95 Å². The lowest BCUT2D eigenvalue weighted by Gasteiger charge is -2.19. The molecule has 2 N–H and O–H groups in total. The van der Waals surface area contributed by atoms with E-state index < -0.39 is 6.10 Å². The van der Waals surface area contributed by atoms with E-state index in [0.717, 1.165) is 25.3 Å². The van der Waals surface area contributed by atoms with Crippen molar-refractivity contribution in [1.82, 2.24) is 25.2 Å². The molecule has 2 aromatic rings. The summed E-state index contributed by atoms with van der Waals surface area (Å²) < 4.78 is 5.04. The fraction of sp³-hybridized carbons (Fsp3) is 0.667. The second-order valence-electron chi connectivity index (χ2n) is 6.54. The summed E-state index contributed by atoms with van der Waals surface area (Å²) >= 11 is 0. The van der Waals surface area contributed by atoms with E-state index in [2.05, 4.69) is 31.3 Å². The minimum Gasteiger partial charge on any atom is -0.390 e. The van der Waals surface area contributed by atoms with E-state index in [4.69, 9.17) is 4.52 Å². The molecular formula is C15H22N6O2. The molecule has 4 rings (SSSR count). The number of hydrogen-bond donors (Lipinski definition) is 2. The number of β-amino-alcohol motifs (C(OH)–C–C–N with tert-alkyl or cyclic N) is 1. The van der Waals surface area contributed by atoms with Gasteiger partial charge in [-0.25, -0.2) is 0 Å². The lowest BCUT2D eigenvalue weighted by molar-refractivity contribution is 0.128. The Kier molecular flexibility index (Phi) is 3.78. The average Bonchev–Trinajstić information content (AvgIpc) is 3.17. The fourth-order valence-corrected chi connectivity index (χ4v) is 3.09. The van der Waals surface area contributed by atoms with E-state index in [1.54, 1.807) is 6.92 Å². The molecule has 1 saturated heterocycles. The summed E-state index contributed by atoms with van der Waals surface area (Å²) in [5.41, 5.74) is 2.29. The largest absolute Gasteiger partial charge is 0.390 e. The van der Waals surface area contributed by atoms with Gasteiger partial charge in [0.1, 0.15) is 0 Å². The van der Waals surface area contributed by atoms with Crippen LogP contribution in [0.25, 0.3) is 0 Å². The molecule has 8 nitrogen and oxygen atoms in total. The number of nitrogens with zero attached hydrogens (tertiary/aromatic N) is 5. The van der Waals surface area contributed by atoms with Crippen LogP contribution < -0.4 is 4.90 Å². The van der Waals surface area contributed by atoms with Crippen LogP contribution in [0.3, 0.4) is 0 Å². The minimum absolute atomic E-state index is 0.442. The lowest BCUT2D eigenvalue weighted by Crippen LogP contribution is -2.33. The maximum absolute atomic E-state index is 10.3. The minimum atomic E-state index is -0.442. The summed E-state index contributed by atoms with van der Waals surface area (Å²) in [5.74, 6) is 1.76. The number of aliphatic hydroxyl groups is 1. The Balaban J connectivity index is 1.39. The SMILES string of the molecule is Cc1nc(N2CCN(Cc3cc(C4CC4)n[nH]3)CC(O)C2)no1. The van der Waals surface area contributed by atoms with Crippen LogP contribution in [-0.4, -0.2) is 62.6 Å². The first kappa shape index (κ1) is 14.6. The van der Waals surface area contributed by atoms with Gasteiger partial charge in [-0.1, -0.05) is 0 Å². The summed E-state index contributed by atoms with van der Waals surface area (Å²) in [6.45, 7) is 5.29. The van der Waals surface area contributed by atoms with Gasteiger partial charge in [0, 0.05) is 51.3 Å². The van der Waals surface area contributed by atoms with Crippen molar-refractivity contribution in [2.75, 3.05) is 31.1 Å². The first-order chi connectivity index (χ1) is 11.2. The first-order valence-corrected chi connectivity index (χ1v) is 8.17. The van der Waals surface area contributed by atoms with Crippen molar-refractivity contribution in [3.05, 3.63) is 23.3 Å². The van der Waals surface area contributed by atoms with Crippen LogP contribution >= 0.6 is 0 Å². The molecule has 0 amide bonds. The first-order valence-electron chi connectivity index (χ1n) is 8.17. The van der Waals surface area contributed by atoms with Crippen molar-refractivity contribution in [2.45, 2.75) is 38.3 Å².